The molecule has 1 saturated carbocycles. The summed E-state index contributed by atoms with van der Waals surface area (Å²) >= 11 is 0. The summed E-state index contributed by atoms with van der Waals surface area (Å²) in [6, 6.07) is 8.30. The minimum atomic E-state index is -0.752. The van der Waals surface area contributed by atoms with Gasteiger partial charge in [-0.2, -0.15) is 0 Å². The lowest BCUT2D eigenvalue weighted by atomic mass is 9.90. The van der Waals surface area contributed by atoms with Gasteiger partial charge >= 0.3 is 6.03 Å². The third-order valence-corrected chi connectivity index (χ3v) is 7.28. The van der Waals surface area contributed by atoms with Crippen molar-refractivity contribution in [2.24, 2.45) is 0 Å². The van der Waals surface area contributed by atoms with Gasteiger partial charge in [-0.05, 0) is 71.2 Å². The molecule has 0 bridgehead atoms. The van der Waals surface area contributed by atoms with Gasteiger partial charge in [0.05, 0.1) is 17.5 Å². The first kappa shape index (κ1) is 28.7. The maximum Gasteiger partial charge on any atom is 0.319 e. The number of ether oxygens (including phenoxy) is 1. The first-order chi connectivity index (χ1) is 17.8. The Labute approximate surface area is 220 Å². The summed E-state index contributed by atoms with van der Waals surface area (Å²) in [6.07, 6.45) is 8.45. The largest absolute Gasteiger partial charge is 0.489 e. The summed E-state index contributed by atoms with van der Waals surface area (Å²) in [6.45, 7) is 9.12. The number of para-hydroxylation sites is 2. The number of benzene rings is 1. The SMILES string of the molecule is CCC(C)Oc1ccccc1N(CC)CCN(C)C1CCC(NC(=O)NC2=C(F)C=C(F)C=CC2)CC1. The zero-order valence-corrected chi connectivity index (χ0v) is 22.6. The van der Waals surface area contributed by atoms with Crippen molar-refractivity contribution in [2.75, 3.05) is 31.6 Å². The van der Waals surface area contributed by atoms with E-state index in [-0.39, 0.29) is 24.3 Å². The molecule has 2 N–H and O–H groups in total. The Morgan fingerprint density at radius 1 is 1.14 bits per heavy atom. The van der Waals surface area contributed by atoms with Crippen molar-refractivity contribution in [3.05, 3.63) is 59.8 Å². The van der Waals surface area contributed by atoms with Crippen LogP contribution in [0.4, 0.5) is 19.3 Å². The van der Waals surface area contributed by atoms with E-state index in [4.69, 9.17) is 4.74 Å². The standard InChI is InChI=1S/C29H42F2N4O2/c1-5-21(3)37-28-13-8-7-12-27(28)35(6-2)19-18-34(4)24-16-14-23(15-17-24)32-29(36)33-26-11-9-10-22(30)20-25(26)31/h7-10,12-13,20-21,23-24H,5-6,11,14-19H2,1-4H3,(H2,32,33,36). The Morgan fingerprint density at radius 2 is 1.86 bits per heavy atom. The number of rotatable bonds is 11. The number of amides is 2. The van der Waals surface area contributed by atoms with Crippen molar-refractivity contribution >= 4 is 11.7 Å². The van der Waals surface area contributed by atoms with E-state index in [0.717, 1.165) is 69.3 Å². The van der Waals surface area contributed by atoms with Crippen LogP contribution in [-0.4, -0.2) is 55.8 Å². The Bertz CT molecular complexity index is 986. The molecule has 2 aliphatic carbocycles. The van der Waals surface area contributed by atoms with Gasteiger partial charge in [0, 0.05) is 44.2 Å². The minimum absolute atomic E-state index is 0.0404. The highest BCUT2D eigenvalue weighted by Crippen LogP contribution is 2.29. The Balaban J connectivity index is 1.45. The Hall–Kier alpha value is -2.87. The van der Waals surface area contributed by atoms with Crippen molar-refractivity contribution in [3.63, 3.8) is 0 Å². The molecule has 8 heteroatoms. The monoisotopic (exact) mass is 516 g/mol. The molecular weight excluding hydrogens is 474 g/mol. The van der Waals surface area contributed by atoms with Gasteiger partial charge in [0.25, 0.3) is 0 Å². The van der Waals surface area contributed by atoms with Gasteiger partial charge in [0.15, 0.2) is 0 Å². The van der Waals surface area contributed by atoms with Gasteiger partial charge in [-0.1, -0.05) is 25.1 Å². The molecule has 204 valence electrons. The van der Waals surface area contributed by atoms with Crippen molar-refractivity contribution in [1.82, 2.24) is 15.5 Å². The number of allylic oxidation sites excluding steroid dienone is 5. The molecule has 3 rings (SSSR count). The van der Waals surface area contributed by atoms with Crippen LogP contribution >= 0.6 is 0 Å². The number of likely N-dealkylation sites (N-methyl/N-ethyl adjacent to an activating group) is 2. The van der Waals surface area contributed by atoms with Crippen molar-refractivity contribution in [3.8, 4) is 5.75 Å². The van der Waals surface area contributed by atoms with E-state index >= 15 is 0 Å². The third-order valence-electron chi connectivity index (χ3n) is 7.28. The second-order valence-electron chi connectivity index (χ2n) is 9.93. The third kappa shape index (κ3) is 8.59. The second-order valence-corrected chi connectivity index (χ2v) is 9.93. The lowest BCUT2D eigenvalue weighted by Gasteiger charge is -2.36. The van der Waals surface area contributed by atoms with E-state index in [1.54, 1.807) is 0 Å². The molecule has 37 heavy (non-hydrogen) atoms. The van der Waals surface area contributed by atoms with E-state index in [0.29, 0.717) is 6.04 Å². The number of hydrogen-bond acceptors (Lipinski definition) is 4. The van der Waals surface area contributed by atoms with Crippen LogP contribution in [-0.2, 0) is 0 Å². The van der Waals surface area contributed by atoms with Crippen molar-refractivity contribution in [1.29, 1.82) is 0 Å². The number of nitrogens with one attached hydrogen (secondary N) is 2. The average molecular weight is 517 g/mol. The lowest BCUT2D eigenvalue weighted by Crippen LogP contribution is -2.47. The van der Waals surface area contributed by atoms with Crippen LogP contribution in [0.1, 0.15) is 59.3 Å². The first-order valence-corrected chi connectivity index (χ1v) is 13.5. The normalized spacial score (nSPS) is 20.8. The van der Waals surface area contributed by atoms with Crippen LogP contribution < -0.4 is 20.3 Å². The van der Waals surface area contributed by atoms with Crippen LogP contribution in [0.15, 0.2) is 59.8 Å². The van der Waals surface area contributed by atoms with Gasteiger partial charge in [0.2, 0.25) is 0 Å². The van der Waals surface area contributed by atoms with E-state index in [1.165, 1.54) is 12.2 Å². The predicted molar refractivity (Wildman–Crippen MR) is 146 cm³/mol. The molecular formula is C29H42F2N4O2. The maximum absolute atomic E-state index is 14.1. The van der Waals surface area contributed by atoms with Crippen LogP contribution in [0.2, 0.25) is 0 Å². The Kier molecular flexibility index (Phi) is 11.0. The highest BCUT2D eigenvalue weighted by atomic mass is 19.1. The molecule has 1 fully saturated rings. The summed E-state index contributed by atoms with van der Waals surface area (Å²) in [5, 5.41) is 5.51. The second kappa shape index (κ2) is 14.2. The minimum Gasteiger partial charge on any atom is -0.489 e. The fourth-order valence-corrected chi connectivity index (χ4v) is 4.80. The summed E-state index contributed by atoms with van der Waals surface area (Å²) in [7, 11) is 2.17. The van der Waals surface area contributed by atoms with E-state index < -0.39 is 17.7 Å². The fraction of sp³-hybridized carbons (Fsp3) is 0.552. The zero-order chi connectivity index (χ0) is 26.8. The summed E-state index contributed by atoms with van der Waals surface area (Å²) in [5.74, 6) is -0.483. The van der Waals surface area contributed by atoms with E-state index in [9.17, 15) is 13.6 Å². The fourth-order valence-electron chi connectivity index (χ4n) is 4.80. The highest BCUT2D eigenvalue weighted by Gasteiger charge is 2.26. The van der Waals surface area contributed by atoms with Crippen molar-refractivity contribution in [2.45, 2.75) is 77.5 Å². The first-order valence-electron chi connectivity index (χ1n) is 13.5. The molecule has 0 saturated heterocycles. The van der Waals surface area contributed by atoms with Gasteiger partial charge in [-0.15, -0.1) is 0 Å². The lowest BCUT2D eigenvalue weighted by molar-refractivity contribution is 0.176. The quantitative estimate of drug-likeness (QED) is 0.366. The molecule has 0 aromatic heterocycles. The number of hydrogen-bond donors (Lipinski definition) is 2. The number of anilines is 1. The van der Waals surface area contributed by atoms with Crippen LogP contribution in [0.3, 0.4) is 0 Å². The number of nitrogens with zero attached hydrogens (tertiary/aromatic N) is 2. The zero-order valence-electron chi connectivity index (χ0n) is 22.6. The highest BCUT2D eigenvalue weighted by molar-refractivity contribution is 5.76. The average Bonchev–Trinajstić information content (AvgIpc) is 3.04. The molecule has 0 radical (unpaired) electrons. The molecule has 6 nitrogen and oxygen atoms in total. The topological polar surface area (TPSA) is 56.8 Å². The molecule has 1 unspecified atom stereocenters. The molecule has 1 aromatic carbocycles. The summed E-state index contributed by atoms with van der Waals surface area (Å²) in [4.78, 5) is 17.2. The van der Waals surface area contributed by atoms with Gasteiger partial charge < -0.3 is 25.2 Å². The molecule has 1 atom stereocenters. The number of halogens is 2. The van der Waals surface area contributed by atoms with Crippen LogP contribution in [0.25, 0.3) is 0 Å². The number of urea groups is 1. The van der Waals surface area contributed by atoms with Crippen LogP contribution in [0, 0.1) is 0 Å². The van der Waals surface area contributed by atoms with E-state index in [1.807, 2.05) is 12.1 Å². The molecule has 0 spiro atoms. The van der Waals surface area contributed by atoms with Crippen molar-refractivity contribution < 1.29 is 18.3 Å². The summed E-state index contributed by atoms with van der Waals surface area (Å²) in [5.41, 5.74) is 1.21. The van der Waals surface area contributed by atoms with Gasteiger partial charge in [0.1, 0.15) is 17.4 Å². The van der Waals surface area contributed by atoms with E-state index in [2.05, 4.69) is 60.4 Å². The maximum atomic E-state index is 14.1. The summed E-state index contributed by atoms with van der Waals surface area (Å²) < 4.78 is 33.5. The smallest absolute Gasteiger partial charge is 0.319 e. The molecule has 2 aliphatic rings. The van der Waals surface area contributed by atoms with Gasteiger partial charge in [-0.25, -0.2) is 13.6 Å². The van der Waals surface area contributed by atoms with Gasteiger partial charge in [-0.3, -0.25) is 0 Å². The molecule has 0 heterocycles. The number of carbonyl (C=O) groups is 1. The Morgan fingerprint density at radius 3 is 2.57 bits per heavy atom. The molecule has 1 aromatic rings. The van der Waals surface area contributed by atoms with Crippen LogP contribution in [0.5, 0.6) is 5.75 Å². The molecule has 2 amide bonds. The molecule has 0 aliphatic heterocycles. The number of carbonyl (C=O) groups excluding carboxylic acids is 1. The predicted octanol–water partition coefficient (Wildman–Crippen LogP) is 6.23.